The van der Waals surface area contributed by atoms with E-state index in [4.69, 9.17) is 16.3 Å². The van der Waals surface area contributed by atoms with Crippen molar-refractivity contribution < 1.29 is 9.53 Å². The second kappa shape index (κ2) is 6.00. The van der Waals surface area contributed by atoms with E-state index in [2.05, 4.69) is 10.1 Å². The minimum absolute atomic E-state index is 0.241. The van der Waals surface area contributed by atoms with Crippen molar-refractivity contribution in [2.24, 2.45) is 0 Å². The summed E-state index contributed by atoms with van der Waals surface area (Å²) < 4.78 is 7.36. The highest BCUT2D eigenvalue weighted by molar-refractivity contribution is 6.29. The van der Waals surface area contributed by atoms with Crippen LogP contribution in [0, 0.1) is 0 Å². The summed E-state index contributed by atoms with van der Waals surface area (Å²) in [5, 5.41) is 5.04. The van der Waals surface area contributed by atoms with E-state index < -0.39 is 5.60 Å². The number of aromatic nitrogens is 3. The minimum Gasteiger partial charge on any atom is -0.444 e. The minimum atomic E-state index is -0.460. The highest BCUT2D eigenvalue weighted by Crippen LogP contribution is 2.25. The molecule has 0 bridgehead atoms. The SMILES string of the molecule is CC(C)(C)OC(=O)N1CCC(n2cc3nc(Cl)ccc3n2)CC1. The molecule has 2 aromatic heterocycles. The Morgan fingerprint density at radius 3 is 2.61 bits per heavy atom. The van der Waals surface area contributed by atoms with E-state index in [1.54, 1.807) is 11.0 Å². The van der Waals surface area contributed by atoms with Crippen LogP contribution in [0.3, 0.4) is 0 Å². The summed E-state index contributed by atoms with van der Waals surface area (Å²) in [6.07, 6.45) is 3.38. The molecule has 3 heterocycles. The zero-order chi connectivity index (χ0) is 16.6. The maximum absolute atomic E-state index is 12.1. The first-order valence-corrected chi connectivity index (χ1v) is 8.19. The third-order valence-electron chi connectivity index (χ3n) is 3.84. The number of likely N-dealkylation sites (tertiary alicyclic amines) is 1. The fraction of sp³-hybridized carbons (Fsp3) is 0.562. The van der Waals surface area contributed by atoms with Crippen LogP contribution in [0.4, 0.5) is 4.79 Å². The number of hydrogen-bond donors (Lipinski definition) is 0. The number of rotatable bonds is 1. The van der Waals surface area contributed by atoms with E-state index in [0.717, 1.165) is 23.9 Å². The van der Waals surface area contributed by atoms with Gasteiger partial charge in [-0.05, 0) is 45.7 Å². The van der Waals surface area contributed by atoms with Crippen molar-refractivity contribution in [3.05, 3.63) is 23.5 Å². The molecule has 0 saturated carbocycles. The number of carbonyl (C=O) groups excluding carboxylic acids is 1. The van der Waals surface area contributed by atoms with Gasteiger partial charge in [0.05, 0.1) is 12.2 Å². The van der Waals surface area contributed by atoms with Crippen LogP contribution in [0.5, 0.6) is 0 Å². The molecule has 1 aliphatic rings. The predicted molar refractivity (Wildman–Crippen MR) is 88.6 cm³/mol. The molecule has 0 atom stereocenters. The van der Waals surface area contributed by atoms with Gasteiger partial charge >= 0.3 is 6.09 Å². The zero-order valence-corrected chi connectivity index (χ0v) is 14.4. The molecule has 0 spiro atoms. The van der Waals surface area contributed by atoms with Crippen molar-refractivity contribution in [2.45, 2.75) is 45.3 Å². The smallest absolute Gasteiger partial charge is 0.410 e. The Morgan fingerprint density at radius 1 is 1.26 bits per heavy atom. The van der Waals surface area contributed by atoms with Crippen LogP contribution in [0.2, 0.25) is 5.15 Å². The molecule has 0 N–H and O–H groups in total. The lowest BCUT2D eigenvalue weighted by Gasteiger charge is -2.33. The maximum Gasteiger partial charge on any atom is 0.410 e. The molecular formula is C16H21ClN4O2. The molecular weight excluding hydrogens is 316 g/mol. The van der Waals surface area contributed by atoms with E-state index in [0.29, 0.717) is 18.2 Å². The van der Waals surface area contributed by atoms with E-state index in [-0.39, 0.29) is 12.1 Å². The molecule has 7 heteroatoms. The van der Waals surface area contributed by atoms with Gasteiger partial charge in [-0.15, -0.1) is 0 Å². The summed E-state index contributed by atoms with van der Waals surface area (Å²) in [7, 11) is 0. The van der Waals surface area contributed by atoms with Gasteiger partial charge in [-0.25, -0.2) is 9.78 Å². The molecule has 23 heavy (non-hydrogen) atoms. The molecule has 1 amide bonds. The van der Waals surface area contributed by atoms with E-state index in [1.807, 2.05) is 37.7 Å². The Labute approximate surface area is 140 Å². The molecule has 0 aromatic carbocycles. The summed E-state index contributed by atoms with van der Waals surface area (Å²) in [5.41, 5.74) is 1.18. The second-order valence-electron chi connectivity index (χ2n) is 6.85. The standard InChI is InChI=1S/C16H21ClN4O2/c1-16(2,3)23-15(22)20-8-6-11(7-9-20)21-10-13-12(19-21)4-5-14(17)18-13/h4-5,10-11H,6-9H2,1-3H3. The van der Waals surface area contributed by atoms with Crippen molar-refractivity contribution in [3.8, 4) is 0 Å². The lowest BCUT2D eigenvalue weighted by atomic mass is 10.1. The second-order valence-corrected chi connectivity index (χ2v) is 7.23. The maximum atomic E-state index is 12.1. The number of fused-ring (bicyclic) bond motifs is 1. The van der Waals surface area contributed by atoms with Crippen molar-refractivity contribution >= 4 is 28.7 Å². The lowest BCUT2D eigenvalue weighted by molar-refractivity contribution is 0.0185. The Hall–Kier alpha value is -1.82. The molecule has 1 saturated heterocycles. The summed E-state index contributed by atoms with van der Waals surface area (Å²) in [6, 6.07) is 3.88. The summed E-state index contributed by atoms with van der Waals surface area (Å²) in [5.74, 6) is 0. The van der Waals surface area contributed by atoms with Crippen molar-refractivity contribution in [2.75, 3.05) is 13.1 Å². The number of nitrogens with zero attached hydrogens (tertiary/aromatic N) is 4. The Kier molecular flexibility index (Phi) is 4.19. The van der Waals surface area contributed by atoms with E-state index >= 15 is 0 Å². The third kappa shape index (κ3) is 3.75. The fourth-order valence-electron chi connectivity index (χ4n) is 2.73. The van der Waals surface area contributed by atoms with Crippen molar-refractivity contribution in [1.82, 2.24) is 19.7 Å². The topological polar surface area (TPSA) is 60.2 Å². The number of ether oxygens (including phenoxy) is 1. The number of hydrogen-bond acceptors (Lipinski definition) is 4. The van der Waals surface area contributed by atoms with Crippen LogP contribution in [-0.4, -0.2) is 44.4 Å². The van der Waals surface area contributed by atoms with Crippen LogP contribution in [-0.2, 0) is 4.74 Å². The molecule has 0 radical (unpaired) electrons. The highest BCUT2D eigenvalue weighted by atomic mass is 35.5. The molecule has 0 unspecified atom stereocenters. The summed E-state index contributed by atoms with van der Waals surface area (Å²) in [4.78, 5) is 18.1. The van der Waals surface area contributed by atoms with Gasteiger partial charge in [0.1, 0.15) is 21.8 Å². The van der Waals surface area contributed by atoms with Gasteiger partial charge in [0, 0.05) is 13.1 Å². The molecule has 3 rings (SSSR count). The van der Waals surface area contributed by atoms with Gasteiger partial charge in [-0.2, -0.15) is 5.10 Å². The Bertz CT molecular complexity index is 714. The van der Waals surface area contributed by atoms with Gasteiger partial charge < -0.3 is 9.64 Å². The van der Waals surface area contributed by atoms with E-state index in [9.17, 15) is 4.79 Å². The Morgan fingerprint density at radius 2 is 1.96 bits per heavy atom. The molecule has 0 aliphatic carbocycles. The van der Waals surface area contributed by atoms with Gasteiger partial charge in [0.15, 0.2) is 0 Å². The van der Waals surface area contributed by atoms with E-state index in [1.165, 1.54) is 0 Å². The average molecular weight is 337 g/mol. The van der Waals surface area contributed by atoms with Crippen LogP contribution in [0.1, 0.15) is 39.7 Å². The number of carbonyl (C=O) groups is 1. The summed E-state index contributed by atoms with van der Waals surface area (Å²) in [6.45, 7) is 6.98. The first kappa shape index (κ1) is 16.1. The van der Waals surface area contributed by atoms with Gasteiger partial charge in [-0.3, -0.25) is 4.68 Å². The van der Waals surface area contributed by atoms with Crippen LogP contribution < -0.4 is 0 Å². The fourth-order valence-corrected chi connectivity index (χ4v) is 2.88. The lowest BCUT2D eigenvalue weighted by Crippen LogP contribution is -2.42. The van der Waals surface area contributed by atoms with Gasteiger partial charge in [0.2, 0.25) is 0 Å². The quantitative estimate of drug-likeness (QED) is 0.746. The molecule has 2 aromatic rings. The van der Waals surface area contributed by atoms with Crippen molar-refractivity contribution in [1.29, 1.82) is 0 Å². The van der Waals surface area contributed by atoms with Gasteiger partial charge in [0.25, 0.3) is 0 Å². The average Bonchev–Trinajstić information content (AvgIpc) is 2.88. The monoisotopic (exact) mass is 336 g/mol. The van der Waals surface area contributed by atoms with Crippen LogP contribution in [0.25, 0.3) is 11.0 Å². The Balaban J connectivity index is 1.65. The summed E-state index contributed by atoms with van der Waals surface area (Å²) >= 11 is 5.91. The zero-order valence-electron chi connectivity index (χ0n) is 13.6. The number of amides is 1. The molecule has 1 fully saturated rings. The molecule has 6 nitrogen and oxygen atoms in total. The first-order valence-electron chi connectivity index (χ1n) is 7.81. The normalized spacial score (nSPS) is 16.8. The van der Waals surface area contributed by atoms with Gasteiger partial charge in [-0.1, -0.05) is 11.6 Å². The molecule has 124 valence electrons. The predicted octanol–water partition coefficient (Wildman–Crippen LogP) is 3.66. The number of piperidine rings is 1. The van der Waals surface area contributed by atoms with Crippen LogP contribution >= 0.6 is 11.6 Å². The number of halogens is 1. The first-order chi connectivity index (χ1) is 10.8. The number of pyridine rings is 1. The van der Waals surface area contributed by atoms with Crippen molar-refractivity contribution in [3.63, 3.8) is 0 Å². The third-order valence-corrected chi connectivity index (χ3v) is 4.05. The highest BCUT2D eigenvalue weighted by Gasteiger charge is 2.28. The van der Waals surface area contributed by atoms with Crippen LogP contribution in [0.15, 0.2) is 18.3 Å². The largest absolute Gasteiger partial charge is 0.444 e. The molecule has 1 aliphatic heterocycles.